The van der Waals surface area contributed by atoms with Gasteiger partial charge in [-0.25, -0.2) is 0 Å². The van der Waals surface area contributed by atoms with Crippen LogP contribution in [-0.4, -0.2) is 5.60 Å². The molecule has 5 heteroatoms. The van der Waals surface area contributed by atoms with E-state index in [1.165, 1.54) is 12.1 Å². The molecule has 0 amide bonds. The van der Waals surface area contributed by atoms with Crippen LogP contribution in [0, 0.1) is 0 Å². The molecule has 96 valence electrons. The molecule has 0 unspecified atom stereocenters. The van der Waals surface area contributed by atoms with Crippen LogP contribution in [0.1, 0.15) is 31.9 Å². The zero-order valence-electron chi connectivity index (χ0n) is 10.1. The molecule has 1 aromatic rings. The lowest BCUT2D eigenvalue weighted by Crippen LogP contribution is -2.29. The van der Waals surface area contributed by atoms with Crippen LogP contribution in [0.25, 0.3) is 0 Å². The van der Waals surface area contributed by atoms with Crippen LogP contribution in [0.3, 0.4) is 0 Å². The predicted molar refractivity (Wildman–Crippen MR) is 59.1 cm³/mol. The van der Waals surface area contributed by atoms with E-state index in [9.17, 15) is 13.2 Å². The number of hydrogen-bond acceptors (Lipinski definition) is 2. The minimum absolute atomic E-state index is 0.0208. The minimum Gasteiger partial charge on any atom is -0.296 e. The highest BCUT2D eigenvalue weighted by Crippen LogP contribution is 2.31. The van der Waals surface area contributed by atoms with E-state index in [0.29, 0.717) is 0 Å². The largest absolute Gasteiger partial charge is 0.416 e. The first kappa shape index (κ1) is 14.0. The van der Waals surface area contributed by atoms with Gasteiger partial charge in [-0.2, -0.15) is 18.7 Å². The molecule has 1 N–H and O–H groups in total. The Kier molecular flexibility index (Phi) is 4.16. The van der Waals surface area contributed by atoms with Crippen molar-refractivity contribution >= 4 is 0 Å². The second-order valence-corrected chi connectivity index (χ2v) is 4.69. The number of rotatable bonds is 3. The Labute approximate surface area is 98.7 Å². The Balaban J connectivity index is 2.72. The summed E-state index contributed by atoms with van der Waals surface area (Å²) in [6, 6.07) is 5.44. The number of nitrogens with one attached hydrogen (secondary N) is 1. The zero-order chi connectivity index (χ0) is 13.1. The average Bonchev–Trinajstić information content (AvgIpc) is 2.15. The number of hydroxylamine groups is 1. The second kappa shape index (κ2) is 5.06. The first-order valence-electron chi connectivity index (χ1n) is 5.26. The van der Waals surface area contributed by atoms with Crippen LogP contribution in [-0.2, 0) is 17.6 Å². The molecule has 0 atom stereocenters. The molecule has 1 aromatic carbocycles. The maximum atomic E-state index is 12.6. The van der Waals surface area contributed by atoms with Crippen molar-refractivity contribution in [2.45, 2.75) is 39.1 Å². The summed E-state index contributed by atoms with van der Waals surface area (Å²) in [5.74, 6) is 0. The van der Waals surface area contributed by atoms with E-state index in [0.717, 1.165) is 6.07 Å². The van der Waals surface area contributed by atoms with Crippen molar-refractivity contribution in [3.63, 3.8) is 0 Å². The van der Waals surface area contributed by atoms with Crippen LogP contribution in [0.15, 0.2) is 24.3 Å². The van der Waals surface area contributed by atoms with Crippen LogP contribution < -0.4 is 5.48 Å². The molecule has 0 saturated heterocycles. The highest BCUT2D eigenvalue weighted by molar-refractivity contribution is 5.29. The van der Waals surface area contributed by atoms with Crippen LogP contribution in [0.4, 0.5) is 13.2 Å². The molecule has 0 spiro atoms. The molecule has 0 fully saturated rings. The molecule has 17 heavy (non-hydrogen) atoms. The fourth-order valence-electron chi connectivity index (χ4n) is 1.28. The molecule has 0 aliphatic heterocycles. The first-order chi connectivity index (χ1) is 7.70. The van der Waals surface area contributed by atoms with Gasteiger partial charge in [0.15, 0.2) is 0 Å². The Hall–Kier alpha value is -1.07. The molecular formula is C12H16F3NO. The number of halogens is 3. The maximum absolute atomic E-state index is 12.6. The van der Waals surface area contributed by atoms with Crippen molar-refractivity contribution in [3.8, 4) is 0 Å². The quantitative estimate of drug-likeness (QED) is 0.825. The molecule has 0 saturated carbocycles. The molecule has 0 radical (unpaired) electrons. The van der Waals surface area contributed by atoms with Gasteiger partial charge in [-0.3, -0.25) is 4.84 Å². The highest BCUT2D eigenvalue weighted by atomic mass is 19.4. The minimum atomic E-state index is -4.33. The summed E-state index contributed by atoms with van der Waals surface area (Å²) in [6.07, 6.45) is -4.33. The molecule has 2 nitrogen and oxygen atoms in total. The lowest BCUT2D eigenvalue weighted by Gasteiger charge is -2.20. The van der Waals surface area contributed by atoms with E-state index in [2.05, 4.69) is 5.48 Å². The fraction of sp³-hybridized carbons (Fsp3) is 0.500. The van der Waals surface area contributed by atoms with Gasteiger partial charge in [0.1, 0.15) is 0 Å². The Morgan fingerprint density at radius 2 is 1.71 bits per heavy atom. The molecule has 0 aliphatic rings. The highest BCUT2D eigenvalue weighted by Gasteiger charge is 2.32. The van der Waals surface area contributed by atoms with E-state index < -0.39 is 17.3 Å². The standard InChI is InChI=1S/C12H16F3NO/c1-11(2,3)17-16-8-9-6-4-5-7-10(9)12(13,14)15/h4-7,16H,8H2,1-3H3. The fourth-order valence-corrected chi connectivity index (χ4v) is 1.28. The van der Waals surface area contributed by atoms with Gasteiger partial charge in [0.2, 0.25) is 0 Å². The third-order valence-corrected chi connectivity index (χ3v) is 1.96. The smallest absolute Gasteiger partial charge is 0.296 e. The number of hydrogen-bond donors (Lipinski definition) is 1. The summed E-state index contributed by atoms with van der Waals surface area (Å²) in [4.78, 5) is 5.18. The van der Waals surface area contributed by atoms with Gasteiger partial charge in [-0.1, -0.05) is 18.2 Å². The molecule has 0 aromatic heterocycles. The Morgan fingerprint density at radius 1 is 1.12 bits per heavy atom. The van der Waals surface area contributed by atoms with Crippen molar-refractivity contribution in [2.24, 2.45) is 0 Å². The SMILES string of the molecule is CC(C)(C)ONCc1ccccc1C(F)(F)F. The lowest BCUT2D eigenvalue weighted by atomic mass is 10.1. The van der Waals surface area contributed by atoms with E-state index in [1.807, 2.05) is 20.8 Å². The number of alkyl halides is 3. The summed E-state index contributed by atoms with van der Waals surface area (Å²) >= 11 is 0. The number of benzene rings is 1. The van der Waals surface area contributed by atoms with Crippen molar-refractivity contribution in [2.75, 3.05) is 0 Å². The van der Waals surface area contributed by atoms with Gasteiger partial charge in [0, 0.05) is 6.54 Å². The average molecular weight is 247 g/mol. The molecular weight excluding hydrogens is 231 g/mol. The van der Waals surface area contributed by atoms with Gasteiger partial charge in [0.25, 0.3) is 0 Å². The maximum Gasteiger partial charge on any atom is 0.416 e. The van der Waals surface area contributed by atoms with Crippen molar-refractivity contribution in [1.82, 2.24) is 5.48 Å². The van der Waals surface area contributed by atoms with Crippen molar-refractivity contribution in [1.29, 1.82) is 0 Å². The summed E-state index contributed by atoms with van der Waals surface area (Å²) in [7, 11) is 0. The summed E-state index contributed by atoms with van der Waals surface area (Å²) in [5, 5.41) is 0. The zero-order valence-corrected chi connectivity index (χ0v) is 10.1. The first-order valence-corrected chi connectivity index (χ1v) is 5.26. The summed E-state index contributed by atoms with van der Waals surface area (Å²) in [6.45, 7) is 5.47. The van der Waals surface area contributed by atoms with Crippen molar-refractivity contribution < 1.29 is 18.0 Å². The van der Waals surface area contributed by atoms with Crippen LogP contribution >= 0.6 is 0 Å². The van der Waals surface area contributed by atoms with Gasteiger partial charge >= 0.3 is 6.18 Å². The predicted octanol–water partition coefficient (Wildman–Crippen LogP) is 3.53. The third-order valence-electron chi connectivity index (χ3n) is 1.96. The van der Waals surface area contributed by atoms with Crippen LogP contribution in [0.5, 0.6) is 0 Å². The van der Waals surface area contributed by atoms with E-state index in [4.69, 9.17) is 4.84 Å². The van der Waals surface area contributed by atoms with E-state index in [-0.39, 0.29) is 12.1 Å². The van der Waals surface area contributed by atoms with E-state index in [1.54, 1.807) is 6.07 Å². The molecule has 0 aliphatic carbocycles. The summed E-state index contributed by atoms with van der Waals surface area (Å²) in [5.41, 5.74) is 1.65. The Bertz CT molecular complexity index is 369. The normalized spacial score (nSPS) is 12.8. The topological polar surface area (TPSA) is 21.3 Å². The monoisotopic (exact) mass is 247 g/mol. The molecule has 1 rings (SSSR count). The lowest BCUT2D eigenvalue weighted by molar-refractivity contribution is -0.138. The van der Waals surface area contributed by atoms with Crippen molar-refractivity contribution in [3.05, 3.63) is 35.4 Å². The van der Waals surface area contributed by atoms with Gasteiger partial charge in [-0.05, 0) is 32.4 Å². The molecule has 0 bridgehead atoms. The summed E-state index contributed by atoms with van der Waals surface area (Å²) < 4.78 is 37.9. The second-order valence-electron chi connectivity index (χ2n) is 4.69. The van der Waals surface area contributed by atoms with Crippen LogP contribution in [0.2, 0.25) is 0 Å². The third kappa shape index (κ3) is 4.75. The van der Waals surface area contributed by atoms with Gasteiger partial charge < -0.3 is 0 Å². The van der Waals surface area contributed by atoms with Gasteiger partial charge in [-0.15, -0.1) is 0 Å². The molecule has 0 heterocycles. The van der Waals surface area contributed by atoms with Gasteiger partial charge in [0.05, 0.1) is 11.2 Å². The van der Waals surface area contributed by atoms with E-state index >= 15 is 0 Å². The Morgan fingerprint density at radius 3 is 2.24 bits per heavy atom.